The average molecular weight is 510 g/mol. The lowest BCUT2D eigenvalue weighted by Crippen LogP contribution is -2.15. The molecule has 0 saturated heterocycles. The Balaban J connectivity index is 1.74. The molecule has 1 amide bonds. The molecule has 0 saturated carbocycles. The summed E-state index contributed by atoms with van der Waals surface area (Å²) >= 11 is 1.60. The maximum Gasteiger partial charge on any atom is 0.411 e. The average Bonchev–Trinajstić information content (AvgIpc) is 3.31. The van der Waals surface area contributed by atoms with Crippen molar-refractivity contribution in [2.45, 2.75) is 16.7 Å². The molecule has 3 N–H and O–H groups in total. The highest BCUT2D eigenvalue weighted by Gasteiger charge is 2.32. The first-order valence-electron chi connectivity index (χ1n) is 11.9. The number of H-pyrrole nitrogens is 1. The predicted molar refractivity (Wildman–Crippen MR) is 147 cm³/mol. The molecule has 1 aromatic heterocycles. The van der Waals surface area contributed by atoms with Crippen LogP contribution in [0.3, 0.4) is 0 Å². The van der Waals surface area contributed by atoms with Crippen LogP contribution >= 0.6 is 11.8 Å². The summed E-state index contributed by atoms with van der Waals surface area (Å²) in [7, 11) is 1.38. The highest BCUT2D eigenvalue weighted by atomic mass is 32.2. The second-order valence-electron chi connectivity index (χ2n) is 8.48. The first kappa shape index (κ1) is 23.0. The SMILES string of the molecule is CCOC(=O)Nc1ccccc1-c1c(C(=O)OC)c2c(c3[nH]c4ccccc4c13)Sc1ccccc1N2. The van der Waals surface area contributed by atoms with Gasteiger partial charge in [0.1, 0.15) is 0 Å². The standard InChI is InChI=1S/C29H23N3O4S/c1-3-36-29(34)32-19-13-7-4-10-16(19)22-23-17-11-5-6-12-18(17)30-25(23)27-26(24(22)28(33)35-2)31-20-14-8-9-15-21(20)37-27/h4-15,30-31H,3H2,1-2H3,(H,32,34). The third-order valence-corrected chi connectivity index (χ3v) is 7.56. The van der Waals surface area contributed by atoms with Crippen molar-refractivity contribution in [3.05, 3.63) is 78.4 Å². The minimum atomic E-state index is -0.565. The van der Waals surface area contributed by atoms with Crippen LogP contribution in [0.5, 0.6) is 0 Å². The lowest BCUT2D eigenvalue weighted by atomic mass is 9.91. The molecule has 1 aliphatic heterocycles. The number of amides is 1. The summed E-state index contributed by atoms with van der Waals surface area (Å²) in [6.07, 6.45) is -0.565. The normalized spacial score (nSPS) is 11.9. The van der Waals surface area contributed by atoms with Gasteiger partial charge in [-0.25, -0.2) is 9.59 Å². The maximum atomic E-state index is 13.5. The van der Waals surface area contributed by atoms with E-state index in [1.165, 1.54) is 7.11 Å². The van der Waals surface area contributed by atoms with E-state index in [1.54, 1.807) is 24.8 Å². The van der Waals surface area contributed by atoms with Crippen molar-refractivity contribution in [2.24, 2.45) is 0 Å². The van der Waals surface area contributed by atoms with Crippen LogP contribution in [0.1, 0.15) is 17.3 Å². The number of hydrogen-bond acceptors (Lipinski definition) is 6. The zero-order valence-corrected chi connectivity index (χ0v) is 21.0. The van der Waals surface area contributed by atoms with Crippen LogP contribution in [0.15, 0.2) is 82.6 Å². The molecule has 0 fully saturated rings. The molecular weight excluding hydrogens is 486 g/mol. The van der Waals surface area contributed by atoms with Gasteiger partial charge in [0, 0.05) is 32.3 Å². The maximum absolute atomic E-state index is 13.5. The monoisotopic (exact) mass is 509 g/mol. The first-order valence-corrected chi connectivity index (χ1v) is 12.7. The number of methoxy groups -OCH3 is 1. The zero-order chi connectivity index (χ0) is 25.5. The van der Waals surface area contributed by atoms with Crippen molar-refractivity contribution in [3.8, 4) is 11.1 Å². The number of fused-ring (bicyclic) bond motifs is 6. The molecule has 7 nitrogen and oxygen atoms in total. The molecule has 184 valence electrons. The van der Waals surface area contributed by atoms with Gasteiger partial charge < -0.3 is 19.8 Å². The van der Waals surface area contributed by atoms with Gasteiger partial charge in [0.15, 0.2) is 0 Å². The Bertz CT molecular complexity index is 1710. The summed E-state index contributed by atoms with van der Waals surface area (Å²) in [5, 5.41) is 8.18. The van der Waals surface area contributed by atoms with Gasteiger partial charge in [0.2, 0.25) is 0 Å². The predicted octanol–water partition coefficient (Wildman–Crippen LogP) is 7.55. The van der Waals surface area contributed by atoms with Crippen molar-refractivity contribution >= 4 is 62.7 Å². The van der Waals surface area contributed by atoms with Crippen molar-refractivity contribution in [3.63, 3.8) is 0 Å². The third kappa shape index (κ3) is 3.77. The minimum absolute atomic E-state index is 0.244. The van der Waals surface area contributed by atoms with Gasteiger partial charge in [-0.15, -0.1) is 0 Å². The highest BCUT2D eigenvalue weighted by molar-refractivity contribution is 8.00. The number of ether oxygens (including phenoxy) is 2. The smallest absolute Gasteiger partial charge is 0.411 e. The van der Waals surface area contributed by atoms with Crippen LogP contribution in [-0.2, 0) is 9.47 Å². The van der Waals surface area contributed by atoms with Gasteiger partial charge in [-0.3, -0.25) is 5.32 Å². The molecule has 0 atom stereocenters. The fourth-order valence-corrected chi connectivity index (χ4v) is 5.95. The molecule has 2 heterocycles. The van der Waals surface area contributed by atoms with Crippen molar-refractivity contribution in [1.82, 2.24) is 4.98 Å². The Morgan fingerprint density at radius 2 is 1.73 bits per heavy atom. The van der Waals surface area contributed by atoms with Crippen LogP contribution in [0.2, 0.25) is 0 Å². The molecular formula is C29H23N3O4S. The number of esters is 1. The van der Waals surface area contributed by atoms with Crippen molar-refractivity contribution < 1.29 is 19.1 Å². The van der Waals surface area contributed by atoms with E-state index in [0.717, 1.165) is 37.3 Å². The molecule has 0 unspecified atom stereocenters. The number of aromatic nitrogens is 1. The van der Waals surface area contributed by atoms with Crippen LogP contribution in [0.25, 0.3) is 32.9 Å². The molecule has 8 heteroatoms. The lowest BCUT2D eigenvalue weighted by Gasteiger charge is -2.26. The second-order valence-corrected chi connectivity index (χ2v) is 9.53. The van der Waals surface area contributed by atoms with Gasteiger partial charge in [-0.05, 0) is 31.2 Å². The lowest BCUT2D eigenvalue weighted by molar-refractivity contribution is 0.0602. The van der Waals surface area contributed by atoms with Gasteiger partial charge in [-0.1, -0.05) is 60.3 Å². The molecule has 37 heavy (non-hydrogen) atoms. The van der Waals surface area contributed by atoms with E-state index in [0.29, 0.717) is 28.1 Å². The number of rotatable bonds is 4. The number of carbonyl (C=O) groups is 2. The Labute approximate surface area is 217 Å². The summed E-state index contributed by atoms with van der Waals surface area (Å²) in [6, 6.07) is 23.4. The van der Waals surface area contributed by atoms with E-state index in [4.69, 9.17) is 9.47 Å². The fraction of sp³-hybridized carbons (Fsp3) is 0.103. The van der Waals surface area contributed by atoms with Crippen molar-refractivity contribution in [2.75, 3.05) is 24.4 Å². The number of aromatic amines is 1. The summed E-state index contributed by atoms with van der Waals surface area (Å²) in [4.78, 5) is 31.5. The molecule has 5 aromatic rings. The Hall–Kier alpha value is -4.43. The van der Waals surface area contributed by atoms with Crippen LogP contribution < -0.4 is 10.6 Å². The molecule has 0 spiro atoms. The Morgan fingerprint density at radius 1 is 0.973 bits per heavy atom. The van der Waals surface area contributed by atoms with Crippen molar-refractivity contribution in [1.29, 1.82) is 0 Å². The Morgan fingerprint density at radius 3 is 2.57 bits per heavy atom. The minimum Gasteiger partial charge on any atom is -0.465 e. The van der Waals surface area contributed by atoms with Gasteiger partial charge >= 0.3 is 12.1 Å². The largest absolute Gasteiger partial charge is 0.465 e. The number of hydrogen-bond donors (Lipinski definition) is 3. The highest BCUT2D eigenvalue weighted by Crippen LogP contribution is 2.54. The summed E-state index contributed by atoms with van der Waals surface area (Å²) in [6.45, 7) is 1.99. The van der Waals surface area contributed by atoms with E-state index >= 15 is 0 Å². The second kappa shape index (κ2) is 9.22. The Kier molecular flexibility index (Phi) is 5.73. The first-order chi connectivity index (χ1) is 18.1. The summed E-state index contributed by atoms with van der Waals surface area (Å²) in [5.41, 5.74) is 5.68. The number of nitrogens with one attached hydrogen (secondary N) is 3. The van der Waals surface area contributed by atoms with Gasteiger partial charge in [-0.2, -0.15) is 0 Å². The fourth-order valence-electron chi connectivity index (χ4n) is 4.85. The van der Waals surface area contributed by atoms with E-state index in [1.807, 2.05) is 60.7 Å². The number of para-hydroxylation sites is 3. The molecule has 0 bridgehead atoms. The van der Waals surface area contributed by atoms with E-state index in [2.05, 4.69) is 21.7 Å². The zero-order valence-electron chi connectivity index (χ0n) is 20.2. The quantitative estimate of drug-likeness (QED) is 0.213. The number of carbonyl (C=O) groups excluding carboxylic acids is 2. The number of benzene rings is 4. The molecule has 0 radical (unpaired) electrons. The molecule has 6 rings (SSSR count). The van der Waals surface area contributed by atoms with Crippen LogP contribution in [0, 0.1) is 0 Å². The number of anilines is 3. The third-order valence-electron chi connectivity index (χ3n) is 6.37. The molecule has 0 aliphatic carbocycles. The van der Waals surface area contributed by atoms with Gasteiger partial charge in [0.25, 0.3) is 0 Å². The van der Waals surface area contributed by atoms with Crippen LogP contribution in [-0.4, -0.2) is 30.8 Å². The van der Waals surface area contributed by atoms with Crippen LogP contribution in [0.4, 0.5) is 21.9 Å². The topological polar surface area (TPSA) is 92.4 Å². The molecule has 4 aromatic carbocycles. The van der Waals surface area contributed by atoms with E-state index in [9.17, 15) is 9.59 Å². The van der Waals surface area contributed by atoms with E-state index in [-0.39, 0.29) is 6.61 Å². The molecule has 1 aliphatic rings. The summed E-state index contributed by atoms with van der Waals surface area (Å²) in [5.74, 6) is -0.475. The summed E-state index contributed by atoms with van der Waals surface area (Å²) < 4.78 is 10.5. The van der Waals surface area contributed by atoms with E-state index < -0.39 is 12.1 Å². The van der Waals surface area contributed by atoms with Gasteiger partial charge in [0.05, 0.1) is 46.8 Å².